The summed E-state index contributed by atoms with van der Waals surface area (Å²) in [4.78, 5) is 11.5. The van der Waals surface area contributed by atoms with E-state index < -0.39 is 0 Å². The third-order valence-electron chi connectivity index (χ3n) is 2.21. The maximum absolute atomic E-state index is 11.5. The Bertz CT molecular complexity index is 328. The Morgan fingerprint density at radius 1 is 1.71 bits per heavy atom. The summed E-state index contributed by atoms with van der Waals surface area (Å²) >= 11 is 0. The van der Waals surface area contributed by atoms with Crippen molar-refractivity contribution < 1.29 is 14.3 Å². The zero-order valence-corrected chi connectivity index (χ0v) is 8.10. The zero-order chi connectivity index (χ0) is 9.97. The van der Waals surface area contributed by atoms with Crippen LogP contribution >= 0.6 is 0 Å². The van der Waals surface area contributed by atoms with Gasteiger partial charge in [0.05, 0.1) is 13.2 Å². The SMILES string of the molecule is Cn1ccc(C(=O)COC2COC2)c1. The Morgan fingerprint density at radius 2 is 2.50 bits per heavy atom. The first-order valence-electron chi connectivity index (χ1n) is 4.60. The van der Waals surface area contributed by atoms with Crippen LogP contribution in [0.4, 0.5) is 0 Å². The zero-order valence-electron chi connectivity index (χ0n) is 8.10. The van der Waals surface area contributed by atoms with Gasteiger partial charge in [0.25, 0.3) is 0 Å². The number of hydrogen-bond donors (Lipinski definition) is 0. The van der Waals surface area contributed by atoms with Crippen LogP contribution in [0.2, 0.25) is 0 Å². The normalized spacial score (nSPS) is 16.6. The summed E-state index contributed by atoms with van der Waals surface area (Å²) in [5.74, 6) is 0.0255. The molecule has 4 heteroatoms. The van der Waals surface area contributed by atoms with Crippen LogP contribution in [0.15, 0.2) is 18.5 Å². The molecule has 1 saturated heterocycles. The van der Waals surface area contributed by atoms with E-state index in [-0.39, 0.29) is 18.5 Å². The average Bonchev–Trinajstić information content (AvgIpc) is 2.49. The highest BCUT2D eigenvalue weighted by atomic mass is 16.6. The van der Waals surface area contributed by atoms with E-state index in [1.54, 1.807) is 12.3 Å². The lowest BCUT2D eigenvalue weighted by Gasteiger charge is -2.25. The molecule has 0 atom stereocenters. The number of rotatable bonds is 4. The first-order chi connectivity index (χ1) is 6.75. The fourth-order valence-corrected chi connectivity index (χ4v) is 1.26. The Morgan fingerprint density at radius 3 is 3.00 bits per heavy atom. The second-order valence-electron chi connectivity index (χ2n) is 3.46. The molecule has 1 aromatic rings. The second kappa shape index (κ2) is 3.94. The lowest BCUT2D eigenvalue weighted by Crippen LogP contribution is -2.37. The van der Waals surface area contributed by atoms with Crippen LogP contribution in [0.1, 0.15) is 10.4 Å². The predicted octanol–water partition coefficient (Wildman–Crippen LogP) is 0.623. The molecule has 2 heterocycles. The Hall–Kier alpha value is -1.13. The van der Waals surface area contributed by atoms with Crippen LogP contribution in [0.5, 0.6) is 0 Å². The molecule has 0 spiro atoms. The minimum Gasteiger partial charge on any atom is -0.376 e. The van der Waals surface area contributed by atoms with Gasteiger partial charge >= 0.3 is 0 Å². The van der Waals surface area contributed by atoms with Gasteiger partial charge in [-0.05, 0) is 6.07 Å². The van der Waals surface area contributed by atoms with E-state index in [9.17, 15) is 4.79 Å². The number of Topliss-reactive ketones (excluding diaryl/α,β-unsaturated/α-hetero) is 1. The number of aryl methyl sites for hydroxylation is 1. The van der Waals surface area contributed by atoms with Gasteiger partial charge in [-0.15, -0.1) is 0 Å². The van der Waals surface area contributed by atoms with Crippen LogP contribution in [0, 0.1) is 0 Å². The van der Waals surface area contributed by atoms with E-state index in [1.165, 1.54) is 0 Å². The van der Waals surface area contributed by atoms with Crippen LogP contribution in [-0.2, 0) is 16.5 Å². The molecule has 1 fully saturated rings. The molecule has 0 unspecified atom stereocenters. The highest BCUT2D eigenvalue weighted by Crippen LogP contribution is 2.07. The van der Waals surface area contributed by atoms with Gasteiger partial charge in [-0.1, -0.05) is 0 Å². The number of ketones is 1. The molecule has 0 amide bonds. The van der Waals surface area contributed by atoms with Gasteiger partial charge in [0.2, 0.25) is 0 Å². The maximum atomic E-state index is 11.5. The summed E-state index contributed by atoms with van der Waals surface area (Å²) in [6.07, 6.45) is 3.76. The first-order valence-corrected chi connectivity index (χ1v) is 4.60. The van der Waals surface area contributed by atoms with E-state index in [0.29, 0.717) is 18.8 Å². The molecule has 14 heavy (non-hydrogen) atoms. The van der Waals surface area contributed by atoms with Gasteiger partial charge in [0, 0.05) is 25.0 Å². The number of ether oxygens (including phenoxy) is 2. The Kier molecular flexibility index (Phi) is 2.65. The van der Waals surface area contributed by atoms with Gasteiger partial charge in [0.15, 0.2) is 5.78 Å². The summed E-state index contributed by atoms with van der Waals surface area (Å²) in [5.41, 5.74) is 0.702. The molecular formula is C10H13NO3. The average molecular weight is 195 g/mol. The molecule has 1 aliphatic heterocycles. The van der Waals surface area contributed by atoms with Crippen molar-refractivity contribution in [3.8, 4) is 0 Å². The molecule has 0 aromatic carbocycles. The molecular weight excluding hydrogens is 182 g/mol. The molecule has 0 bridgehead atoms. The smallest absolute Gasteiger partial charge is 0.189 e. The molecule has 0 N–H and O–H groups in total. The van der Waals surface area contributed by atoms with E-state index >= 15 is 0 Å². The standard InChI is InChI=1S/C10H13NO3/c1-11-3-2-8(4-11)10(12)7-14-9-5-13-6-9/h2-4,9H,5-7H2,1H3. The summed E-state index contributed by atoms with van der Waals surface area (Å²) < 4.78 is 12.1. The molecule has 76 valence electrons. The number of carbonyl (C=O) groups is 1. The van der Waals surface area contributed by atoms with Crippen molar-refractivity contribution in [1.29, 1.82) is 0 Å². The molecule has 1 aliphatic rings. The number of nitrogens with zero attached hydrogens (tertiary/aromatic N) is 1. The monoisotopic (exact) mass is 195 g/mol. The number of aromatic nitrogens is 1. The fourth-order valence-electron chi connectivity index (χ4n) is 1.26. The summed E-state index contributed by atoms with van der Waals surface area (Å²) in [6, 6.07) is 1.79. The van der Waals surface area contributed by atoms with E-state index in [2.05, 4.69) is 0 Å². The van der Waals surface area contributed by atoms with Crippen molar-refractivity contribution in [2.45, 2.75) is 6.10 Å². The topological polar surface area (TPSA) is 40.5 Å². The van der Waals surface area contributed by atoms with Crippen molar-refractivity contribution in [1.82, 2.24) is 4.57 Å². The summed E-state index contributed by atoms with van der Waals surface area (Å²) in [6.45, 7) is 1.38. The third kappa shape index (κ3) is 2.02. The van der Waals surface area contributed by atoms with Crippen molar-refractivity contribution in [3.63, 3.8) is 0 Å². The molecule has 4 nitrogen and oxygen atoms in total. The molecule has 0 aliphatic carbocycles. The maximum Gasteiger partial charge on any atom is 0.189 e. The van der Waals surface area contributed by atoms with Crippen molar-refractivity contribution in [3.05, 3.63) is 24.0 Å². The lowest BCUT2D eigenvalue weighted by atomic mass is 10.2. The minimum atomic E-state index is 0.0255. The third-order valence-corrected chi connectivity index (χ3v) is 2.21. The summed E-state index contributed by atoms with van der Waals surface area (Å²) in [5, 5.41) is 0. The van der Waals surface area contributed by atoms with Crippen molar-refractivity contribution in [2.75, 3.05) is 19.8 Å². The highest BCUT2D eigenvalue weighted by molar-refractivity contribution is 5.96. The van der Waals surface area contributed by atoms with E-state index in [4.69, 9.17) is 9.47 Å². The molecule has 0 saturated carbocycles. The fraction of sp³-hybridized carbons (Fsp3) is 0.500. The van der Waals surface area contributed by atoms with Crippen LogP contribution < -0.4 is 0 Å². The number of carbonyl (C=O) groups excluding carboxylic acids is 1. The Balaban J connectivity index is 1.82. The second-order valence-corrected chi connectivity index (χ2v) is 3.46. The van der Waals surface area contributed by atoms with Crippen LogP contribution in [-0.4, -0.2) is 36.3 Å². The van der Waals surface area contributed by atoms with Gasteiger partial charge in [-0.3, -0.25) is 4.79 Å². The van der Waals surface area contributed by atoms with E-state index in [1.807, 2.05) is 17.8 Å². The number of hydrogen-bond acceptors (Lipinski definition) is 3. The predicted molar refractivity (Wildman–Crippen MR) is 50.3 cm³/mol. The van der Waals surface area contributed by atoms with Crippen LogP contribution in [0.25, 0.3) is 0 Å². The van der Waals surface area contributed by atoms with Crippen molar-refractivity contribution >= 4 is 5.78 Å². The van der Waals surface area contributed by atoms with Crippen LogP contribution in [0.3, 0.4) is 0 Å². The first kappa shape index (κ1) is 9.43. The van der Waals surface area contributed by atoms with Gasteiger partial charge < -0.3 is 14.0 Å². The Labute approximate surface area is 82.4 Å². The minimum absolute atomic E-state index is 0.0255. The molecule has 0 radical (unpaired) electrons. The van der Waals surface area contributed by atoms with Gasteiger partial charge in [0.1, 0.15) is 12.7 Å². The quantitative estimate of drug-likeness (QED) is 0.661. The van der Waals surface area contributed by atoms with Gasteiger partial charge in [-0.25, -0.2) is 0 Å². The molecule has 1 aromatic heterocycles. The largest absolute Gasteiger partial charge is 0.376 e. The summed E-state index contributed by atoms with van der Waals surface area (Å²) in [7, 11) is 1.89. The van der Waals surface area contributed by atoms with Crippen molar-refractivity contribution in [2.24, 2.45) is 7.05 Å². The molecule has 2 rings (SSSR count). The van der Waals surface area contributed by atoms with E-state index in [0.717, 1.165) is 0 Å². The highest BCUT2D eigenvalue weighted by Gasteiger charge is 2.20. The van der Waals surface area contributed by atoms with Gasteiger partial charge in [-0.2, -0.15) is 0 Å². The lowest BCUT2D eigenvalue weighted by molar-refractivity contribution is -0.123.